The minimum absolute atomic E-state index is 0.00655. The second-order valence-corrected chi connectivity index (χ2v) is 17.6. The van der Waals surface area contributed by atoms with Gasteiger partial charge in [-0.25, -0.2) is 9.52 Å². The van der Waals surface area contributed by atoms with Crippen LogP contribution in [0.4, 0.5) is 4.79 Å². The Labute approximate surface area is 305 Å². The fraction of sp³-hybridized carbons (Fsp3) is 0.486. The van der Waals surface area contributed by atoms with Gasteiger partial charge in [0.1, 0.15) is 35.0 Å². The molecule has 1 saturated heterocycles. The van der Waals surface area contributed by atoms with Crippen LogP contribution in [0.5, 0.6) is 0 Å². The Morgan fingerprint density at radius 2 is 1.54 bits per heavy atom. The molecular formula is C37H48N6O8S. The van der Waals surface area contributed by atoms with E-state index in [1.54, 1.807) is 41.5 Å². The van der Waals surface area contributed by atoms with Crippen LogP contribution in [0.25, 0.3) is 11.1 Å². The van der Waals surface area contributed by atoms with Crippen LogP contribution in [0.1, 0.15) is 65.5 Å². The Hall–Kier alpha value is -4.76. The van der Waals surface area contributed by atoms with Gasteiger partial charge in [0.15, 0.2) is 0 Å². The first-order valence-electron chi connectivity index (χ1n) is 17.1. The maximum atomic E-state index is 14.4. The van der Waals surface area contributed by atoms with Crippen molar-refractivity contribution in [1.29, 1.82) is 0 Å². The molecule has 2 aromatic carbocycles. The molecule has 0 aromatic heterocycles. The van der Waals surface area contributed by atoms with Gasteiger partial charge in [0.25, 0.3) is 5.91 Å². The van der Waals surface area contributed by atoms with Crippen molar-refractivity contribution in [3.8, 4) is 11.1 Å². The van der Waals surface area contributed by atoms with Crippen LogP contribution in [0, 0.1) is 11.3 Å². The van der Waals surface area contributed by atoms with Crippen LogP contribution in [0.3, 0.4) is 0 Å². The lowest BCUT2D eigenvalue weighted by Crippen LogP contribution is -2.60. The van der Waals surface area contributed by atoms with Gasteiger partial charge in [-0.05, 0) is 43.7 Å². The molecule has 4 amide bonds. The molecule has 1 saturated carbocycles. The van der Waals surface area contributed by atoms with Crippen LogP contribution in [0.2, 0.25) is 0 Å². The third-order valence-corrected chi connectivity index (χ3v) is 10.7. The summed E-state index contributed by atoms with van der Waals surface area (Å²) in [6.45, 7) is 14.1. The number of hydrogen-bond acceptors (Lipinski definition) is 9. The van der Waals surface area contributed by atoms with E-state index in [1.165, 1.54) is 25.1 Å². The molecule has 15 heteroatoms. The zero-order chi connectivity index (χ0) is 38.4. The van der Waals surface area contributed by atoms with Crippen molar-refractivity contribution in [2.24, 2.45) is 16.5 Å². The number of nitrogens with one attached hydrogen (secondary N) is 3. The number of oxime groups is 1. The summed E-state index contributed by atoms with van der Waals surface area (Å²) in [5.41, 5.74) is 1.11. The first-order valence-corrected chi connectivity index (χ1v) is 18.5. The summed E-state index contributed by atoms with van der Waals surface area (Å²) in [4.78, 5) is 62.4. The second kappa shape index (κ2) is 14.0. The minimum Gasteiger partial charge on any atom is -0.444 e. The highest BCUT2D eigenvalue weighted by Crippen LogP contribution is 2.45. The van der Waals surface area contributed by atoms with E-state index < -0.39 is 74.7 Å². The van der Waals surface area contributed by atoms with Crippen LogP contribution in [-0.2, 0) is 34.2 Å². The smallest absolute Gasteiger partial charge is 0.408 e. The van der Waals surface area contributed by atoms with Crippen LogP contribution in [0.15, 0.2) is 66.3 Å². The van der Waals surface area contributed by atoms with Gasteiger partial charge in [-0.2, -0.15) is 12.7 Å². The van der Waals surface area contributed by atoms with E-state index in [1.807, 2.05) is 53.3 Å². The van der Waals surface area contributed by atoms with E-state index in [2.05, 4.69) is 22.4 Å². The molecular weight excluding hydrogens is 689 g/mol. The van der Waals surface area contributed by atoms with E-state index in [0.29, 0.717) is 5.71 Å². The molecule has 1 aliphatic heterocycles. The zero-order valence-electron chi connectivity index (χ0n) is 30.8. The minimum atomic E-state index is -4.17. The van der Waals surface area contributed by atoms with E-state index in [9.17, 15) is 27.6 Å². The molecule has 3 N–H and O–H groups in total. The van der Waals surface area contributed by atoms with Gasteiger partial charge < -0.3 is 25.1 Å². The maximum absolute atomic E-state index is 14.4. The van der Waals surface area contributed by atoms with Crippen LogP contribution in [-0.4, -0.2) is 97.1 Å². The molecule has 14 nitrogen and oxygen atoms in total. The number of carbonyl (C=O) groups excluding carboxylic acids is 4. The fourth-order valence-corrected chi connectivity index (χ4v) is 7.06. The van der Waals surface area contributed by atoms with Gasteiger partial charge >= 0.3 is 16.3 Å². The molecule has 2 aromatic rings. The Kier molecular flexibility index (Phi) is 10.4. The molecule has 0 radical (unpaired) electrons. The summed E-state index contributed by atoms with van der Waals surface area (Å²) in [5.74, 6) is -2.75. The van der Waals surface area contributed by atoms with Crippen molar-refractivity contribution in [3.05, 3.63) is 72.3 Å². The first kappa shape index (κ1) is 38.5. The summed E-state index contributed by atoms with van der Waals surface area (Å²) in [6.07, 6.45) is 0.00709. The van der Waals surface area contributed by atoms with E-state index in [-0.39, 0.29) is 19.4 Å². The van der Waals surface area contributed by atoms with Gasteiger partial charge in [-0.15, -0.1) is 6.58 Å². The monoisotopic (exact) mass is 736 g/mol. The highest BCUT2D eigenvalue weighted by molar-refractivity contribution is 7.87. The summed E-state index contributed by atoms with van der Waals surface area (Å²) in [6, 6.07) is 13.3. The Balaban J connectivity index is 1.46. The number of rotatable bonds is 10. The average molecular weight is 737 g/mol. The highest BCUT2D eigenvalue weighted by Gasteiger charge is 2.61. The normalized spacial score (nSPS) is 22.8. The van der Waals surface area contributed by atoms with Gasteiger partial charge in [0.05, 0.1) is 6.54 Å². The number of fused-ring (bicyclic) bond motifs is 3. The summed E-state index contributed by atoms with van der Waals surface area (Å²) < 4.78 is 33.4. The first-order chi connectivity index (χ1) is 24.2. The number of carbonyl (C=O) groups is 4. The number of hydrogen-bond donors (Lipinski definition) is 3. The molecule has 3 aliphatic rings. The lowest BCUT2D eigenvalue weighted by atomic mass is 9.85. The summed E-state index contributed by atoms with van der Waals surface area (Å²) in [5, 5.41) is 10.0. The SMILES string of the molecule is C=C[C@@H]1C[C@@]1(NC(=O)[C@@H]1C[C@@H](ON=C2c3ccccc3-c3ccccc32)CN1C(=O)[C@@H](NC(=O)OC(C)(C)C)C(C)(C)C)C(=O)NS(=O)(=O)N(C)C. The predicted molar refractivity (Wildman–Crippen MR) is 195 cm³/mol. The van der Waals surface area contributed by atoms with Gasteiger partial charge in [-0.1, -0.05) is 80.5 Å². The van der Waals surface area contributed by atoms with Gasteiger partial charge in [0, 0.05) is 37.6 Å². The fourth-order valence-electron chi connectivity index (χ4n) is 6.46. The molecule has 1 heterocycles. The number of benzene rings is 2. The van der Waals surface area contributed by atoms with Crippen LogP contribution < -0.4 is 15.4 Å². The van der Waals surface area contributed by atoms with E-state index in [4.69, 9.17) is 9.57 Å². The molecule has 280 valence electrons. The lowest BCUT2D eigenvalue weighted by molar-refractivity contribution is -0.143. The van der Waals surface area contributed by atoms with Gasteiger partial charge in [-0.3, -0.25) is 14.4 Å². The Morgan fingerprint density at radius 1 is 0.981 bits per heavy atom. The molecule has 5 rings (SSSR count). The standard InChI is InChI=1S/C37H48N6O8S/c1-10-22-20-37(22,33(46)41-52(48,49)42(8)9)39-31(44)28-19-23(21-43(28)32(45)30(35(2,3)4)38-34(47)50-36(5,6)7)51-40-29-26-17-13-11-15-24(26)25-16-12-14-18-27(25)29/h10-18,22-23,28,30H,1,19-21H2,2-9H3,(H,38,47)(H,39,44)(H,41,46)/t22-,23-,28+,30-,37+/m1/s1. The maximum Gasteiger partial charge on any atom is 0.408 e. The second-order valence-electron chi connectivity index (χ2n) is 15.7. The summed E-state index contributed by atoms with van der Waals surface area (Å²) in [7, 11) is -1.64. The molecule has 0 unspecified atom stereocenters. The third kappa shape index (κ3) is 7.84. The summed E-state index contributed by atoms with van der Waals surface area (Å²) >= 11 is 0. The Bertz CT molecular complexity index is 1870. The van der Waals surface area contributed by atoms with Crippen molar-refractivity contribution < 1.29 is 37.2 Å². The predicted octanol–water partition coefficient (Wildman–Crippen LogP) is 3.33. The van der Waals surface area contributed by atoms with E-state index in [0.717, 1.165) is 26.6 Å². The quantitative estimate of drug-likeness (QED) is 0.210. The van der Waals surface area contributed by atoms with Gasteiger partial charge in [0.2, 0.25) is 11.8 Å². The largest absolute Gasteiger partial charge is 0.444 e. The van der Waals surface area contributed by atoms with Crippen molar-refractivity contribution >= 4 is 39.7 Å². The van der Waals surface area contributed by atoms with E-state index >= 15 is 0 Å². The molecule has 52 heavy (non-hydrogen) atoms. The number of amides is 4. The van der Waals surface area contributed by atoms with Crippen molar-refractivity contribution in [2.45, 2.75) is 83.7 Å². The van der Waals surface area contributed by atoms with Crippen molar-refractivity contribution in [3.63, 3.8) is 0 Å². The lowest BCUT2D eigenvalue weighted by Gasteiger charge is -2.36. The third-order valence-electron chi connectivity index (χ3n) is 9.32. The number of alkyl carbamates (subject to hydrolysis) is 1. The molecule has 5 atom stereocenters. The molecule has 2 fully saturated rings. The molecule has 0 spiro atoms. The van der Waals surface area contributed by atoms with Crippen molar-refractivity contribution in [1.82, 2.24) is 24.6 Å². The topological polar surface area (TPSA) is 176 Å². The zero-order valence-corrected chi connectivity index (χ0v) is 31.7. The Morgan fingerprint density at radius 3 is 2.02 bits per heavy atom. The number of nitrogens with zero attached hydrogens (tertiary/aromatic N) is 3. The molecule has 0 bridgehead atoms. The molecule has 2 aliphatic carbocycles. The van der Waals surface area contributed by atoms with Crippen LogP contribution >= 0.6 is 0 Å². The number of likely N-dealkylation sites (tertiary alicyclic amines) is 1. The average Bonchev–Trinajstić information content (AvgIpc) is 3.44. The number of ether oxygens (including phenoxy) is 1. The van der Waals surface area contributed by atoms with Crippen molar-refractivity contribution in [2.75, 3.05) is 20.6 Å². The highest BCUT2D eigenvalue weighted by atomic mass is 32.2.